The van der Waals surface area contributed by atoms with Crippen LogP contribution in [0.5, 0.6) is 0 Å². The number of pyridine rings is 1. The van der Waals surface area contributed by atoms with Crippen LogP contribution in [0.4, 0.5) is 5.13 Å². The van der Waals surface area contributed by atoms with E-state index in [1.807, 2.05) is 4.90 Å². The molecular formula is C21H27ClN4OS. The smallest absolute Gasteiger partial charge is 0.254 e. The SMILES string of the molecule is CCN(c1nc(CN(C(=O)c2ccnc(Cl)c2)C2CCCCC2)cs1)C1CC1. The summed E-state index contributed by atoms with van der Waals surface area (Å²) in [7, 11) is 0. The number of aromatic nitrogens is 2. The van der Waals surface area contributed by atoms with E-state index >= 15 is 0 Å². The van der Waals surface area contributed by atoms with Gasteiger partial charge in [-0.2, -0.15) is 0 Å². The first-order valence-corrected chi connectivity index (χ1v) is 11.5. The summed E-state index contributed by atoms with van der Waals surface area (Å²) in [4.78, 5) is 26.6. The van der Waals surface area contributed by atoms with Crippen LogP contribution in [-0.2, 0) is 6.54 Å². The first kappa shape index (κ1) is 19.6. The summed E-state index contributed by atoms with van der Waals surface area (Å²) in [5.41, 5.74) is 1.59. The lowest BCUT2D eigenvalue weighted by Gasteiger charge is -2.34. The second-order valence-corrected chi connectivity index (χ2v) is 8.95. The van der Waals surface area contributed by atoms with E-state index in [1.165, 1.54) is 32.1 Å². The third-order valence-corrected chi connectivity index (χ3v) is 6.83. The van der Waals surface area contributed by atoms with Gasteiger partial charge in [-0.25, -0.2) is 9.97 Å². The van der Waals surface area contributed by atoms with Gasteiger partial charge < -0.3 is 9.80 Å². The van der Waals surface area contributed by atoms with Crippen molar-refractivity contribution in [2.75, 3.05) is 11.4 Å². The van der Waals surface area contributed by atoms with Gasteiger partial charge in [0.25, 0.3) is 5.91 Å². The lowest BCUT2D eigenvalue weighted by Crippen LogP contribution is -2.41. The summed E-state index contributed by atoms with van der Waals surface area (Å²) in [6, 6.07) is 4.34. The predicted octanol–water partition coefficient (Wildman–Crippen LogP) is 5.16. The molecule has 4 rings (SSSR count). The third kappa shape index (κ3) is 4.49. The van der Waals surface area contributed by atoms with E-state index in [4.69, 9.17) is 16.6 Å². The Kier molecular flexibility index (Phi) is 6.16. The van der Waals surface area contributed by atoms with Crippen molar-refractivity contribution in [3.63, 3.8) is 0 Å². The van der Waals surface area contributed by atoms with Crippen molar-refractivity contribution >= 4 is 34.0 Å². The monoisotopic (exact) mass is 418 g/mol. The molecule has 2 fully saturated rings. The lowest BCUT2D eigenvalue weighted by molar-refractivity contribution is 0.0611. The topological polar surface area (TPSA) is 49.3 Å². The van der Waals surface area contributed by atoms with E-state index in [1.54, 1.807) is 29.7 Å². The standard InChI is InChI=1S/C21H27ClN4OS/c1-2-25(18-8-9-18)21-24-16(14-28-21)13-26(17-6-4-3-5-7-17)20(27)15-10-11-23-19(22)12-15/h10-12,14,17-18H,2-9,13H2,1H3. The molecule has 0 bridgehead atoms. The van der Waals surface area contributed by atoms with Crippen LogP contribution in [0.1, 0.15) is 67.9 Å². The summed E-state index contributed by atoms with van der Waals surface area (Å²) >= 11 is 7.73. The van der Waals surface area contributed by atoms with Gasteiger partial charge >= 0.3 is 0 Å². The Balaban J connectivity index is 1.55. The fourth-order valence-electron chi connectivity index (χ4n) is 4.07. The molecule has 1 amide bonds. The van der Waals surface area contributed by atoms with Crippen molar-refractivity contribution in [3.8, 4) is 0 Å². The first-order valence-electron chi connectivity index (χ1n) is 10.3. The number of hydrogen-bond acceptors (Lipinski definition) is 5. The highest BCUT2D eigenvalue weighted by Crippen LogP contribution is 2.34. The van der Waals surface area contributed by atoms with Gasteiger partial charge in [0.15, 0.2) is 5.13 Å². The van der Waals surface area contributed by atoms with Crippen molar-refractivity contribution in [2.45, 2.75) is 70.5 Å². The molecule has 0 atom stereocenters. The van der Waals surface area contributed by atoms with E-state index in [0.29, 0.717) is 23.3 Å². The van der Waals surface area contributed by atoms with Crippen LogP contribution in [0.2, 0.25) is 5.15 Å². The van der Waals surface area contributed by atoms with Crippen LogP contribution in [0.15, 0.2) is 23.7 Å². The number of anilines is 1. The fraction of sp³-hybridized carbons (Fsp3) is 0.571. The Morgan fingerprint density at radius 2 is 2.00 bits per heavy atom. The largest absolute Gasteiger partial charge is 0.345 e. The second kappa shape index (κ2) is 8.78. The van der Waals surface area contributed by atoms with Gasteiger partial charge in [-0.15, -0.1) is 11.3 Å². The van der Waals surface area contributed by atoms with Gasteiger partial charge in [-0.05, 0) is 44.7 Å². The van der Waals surface area contributed by atoms with Crippen molar-refractivity contribution in [3.05, 3.63) is 40.1 Å². The summed E-state index contributed by atoms with van der Waals surface area (Å²) in [6.45, 7) is 3.73. The number of hydrogen-bond donors (Lipinski definition) is 0. The number of carbonyl (C=O) groups is 1. The van der Waals surface area contributed by atoms with Gasteiger partial charge in [0.05, 0.1) is 12.2 Å². The molecule has 2 aromatic rings. The number of rotatable bonds is 7. The normalized spacial score (nSPS) is 17.5. The Morgan fingerprint density at radius 3 is 2.68 bits per heavy atom. The minimum absolute atomic E-state index is 0.0280. The molecule has 7 heteroatoms. The van der Waals surface area contributed by atoms with E-state index in [0.717, 1.165) is 30.2 Å². The van der Waals surface area contributed by atoms with Crippen molar-refractivity contribution in [1.29, 1.82) is 0 Å². The molecule has 0 unspecified atom stereocenters. The van der Waals surface area contributed by atoms with Crippen molar-refractivity contribution < 1.29 is 4.79 Å². The molecule has 2 aromatic heterocycles. The molecular weight excluding hydrogens is 392 g/mol. The summed E-state index contributed by atoms with van der Waals surface area (Å²) in [6.07, 6.45) is 9.86. The molecule has 2 saturated carbocycles. The molecule has 5 nitrogen and oxygen atoms in total. The summed E-state index contributed by atoms with van der Waals surface area (Å²) in [5.74, 6) is 0.0280. The zero-order chi connectivity index (χ0) is 19.5. The molecule has 150 valence electrons. The Morgan fingerprint density at radius 1 is 1.21 bits per heavy atom. The highest BCUT2D eigenvalue weighted by Gasteiger charge is 2.31. The first-order chi connectivity index (χ1) is 13.7. The predicted molar refractivity (Wildman–Crippen MR) is 114 cm³/mol. The average Bonchev–Trinajstić information content (AvgIpc) is 3.45. The maximum atomic E-state index is 13.3. The molecule has 0 N–H and O–H groups in total. The van der Waals surface area contributed by atoms with E-state index in [-0.39, 0.29) is 11.9 Å². The Bertz CT molecular complexity index is 816. The quantitative estimate of drug-likeness (QED) is 0.583. The van der Waals surface area contributed by atoms with Gasteiger partial charge in [-0.1, -0.05) is 30.9 Å². The van der Waals surface area contributed by atoms with E-state index in [2.05, 4.69) is 22.2 Å². The zero-order valence-electron chi connectivity index (χ0n) is 16.3. The molecule has 28 heavy (non-hydrogen) atoms. The lowest BCUT2D eigenvalue weighted by atomic mass is 9.93. The molecule has 2 aliphatic carbocycles. The molecule has 2 aliphatic rings. The molecule has 0 spiro atoms. The zero-order valence-corrected chi connectivity index (χ0v) is 17.9. The van der Waals surface area contributed by atoms with Gasteiger partial charge in [-0.3, -0.25) is 4.79 Å². The molecule has 2 heterocycles. The number of amides is 1. The minimum atomic E-state index is 0.0280. The van der Waals surface area contributed by atoms with Crippen molar-refractivity contribution in [2.24, 2.45) is 0 Å². The highest BCUT2D eigenvalue weighted by molar-refractivity contribution is 7.13. The number of carbonyl (C=O) groups excluding carboxylic acids is 1. The fourth-order valence-corrected chi connectivity index (χ4v) is 5.20. The minimum Gasteiger partial charge on any atom is -0.345 e. The maximum Gasteiger partial charge on any atom is 0.254 e. The molecule has 0 saturated heterocycles. The van der Waals surface area contributed by atoms with Gasteiger partial charge in [0, 0.05) is 35.8 Å². The molecule has 0 aromatic carbocycles. The van der Waals surface area contributed by atoms with Crippen LogP contribution in [-0.4, -0.2) is 39.4 Å². The van der Waals surface area contributed by atoms with Gasteiger partial charge in [0.2, 0.25) is 0 Å². The van der Waals surface area contributed by atoms with Crippen LogP contribution < -0.4 is 4.90 Å². The third-order valence-electron chi connectivity index (χ3n) is 5.70. The summed E-state index contributed by atoms with van der Waals surface area (Å²) in [5, 5.41) is 3.56. The summed E-state index contributed by atoms with van der Waals surface area (Å²) < 4.78 is 0. The van der Waals surface area contributed by atoms with Crippen LogP contribution in [0, 0.1) is 0 Å². The van der Waals surface area contributed by atoms with E-state index < -0.39 is 0 Å². The van der Waals surface area contributed by atoms with Crippen LogP contribution in [0.25, 0.3) is 0 Å². The van der Waals surface area contributed by atoms with E-state index in [9.17, 15) is 4.79 Å². The van der Waals surface area contributed by atoms with Crippen molar-refractivity contribution in [1.82, 2.24) is 14.9 Å². The van der Waals surface area contributed by atoms with Crippen LogP contribution in [0.3, 0.4) is 0 Å². The van der Waals surface area contributed by atoms with Crippen LogP contribution >= 0.6 is 22.9 Å². The maximum absolute atomic E-state index is 13.3. The second-order valence-electron chi connectivity index (χ2n) is 7.73. The Hall–Kier alpha value is -1.66. The number of thiazole rings is 1. The molecule has 0 radical (unpaired) electrons. The Labute approximate surface area is 175 Å². The number of nitrogens with zero attached hydrogens (tertiary/aromatic N) is 4. The average molecular weight is 419 g/mol. The van der Waals surface area contributed by atoms with Gasteiger partial charge in [0.1, 0.15) is 5.15 Å². The highest BCUT2D eigenvalue weighted by atomic mass is 35.5. The molecule has 0 aliphatic heterocycles. The number of halogens is 1.